The molecule has 5 nitrogen and oxygen atoms in total. The van der Waals surface area contributed by atoms with E-state index in [0.29, 0.717) is 18.3 Å². The zero-order valence-corrected chi connectivity index (χ0v) is 17.0. The van der Waals surface area contributed by atoms with Crippen LogP contribution in [0.5, 0.6) is 0 Å². The quantitative estimate of drug-likeness (QED) is 0.597. The van der Waals surface area contributed by atoms with Crippen LogP contribution in [0.15, 0.2) is 0 Å². The van der Waals surface area contributed by atoms with E-state index < -0.39 is 5.60 Å². The molecule has 4 fully saturated rings. The zero-order valence-electron chi connectivity index (χ0n) is 17.0. The summed E-state index contributed by atoms with van der Waals surface area (Å²) in [6, 6.07) is 0. The van der Waals surface area contributed by atoms with Gasteiger partial charge in [0.15, 0.2) is 0 Å². The standard InChI is InChI=1S/C22H34O5/c1-15(24)26-13-22(25)12-21-10-7-17-19(2,18(21)6-5-16(22)11-21)8-4-9-20(17,3)27-14-23/h14,16-18,25H,4-13H2,1-3H3/t16-,17+,18+,19-,20-,21+,22-/m1/s1. The molecule has 0 radical (unpaired) electrons. The van der Waals surface area contributed by atoms with Gasteiger partial charge in [0.05, 0.1) is 0 Å². The summed E-state index contributed by atoms with van der Waals surface area (Å²) in [6.45, 7) is 6.72. The Balaban J connectivity index is 1.63. The number of hydrogen-bond acceptors (Lipinski definition) is 5. The molecule has 7 atom stereocenters. The summed E-state index contributed by atoms with van der Waals surface area (Å²) in [7, 11) is 0. The lowest BCUT2D eigenvalue weighted by molar-refractivity contribution is -0.197. The largest absolute Gasteiger partial charge is 0.463 e. The van der Waals surface area contributed by atoms with Crippen LogP contribution in [0, 0.1) is 28.6 Å². The van der Waals surface area contributed by atoms with Gasteiger partial charge in [0.1, 0.15) is 17.8 Å². The van der Waals surface area contributed by atoms with Crippen molar-refractivity contribution >= 4 is 12.4 Å². The second-order valence-electron chi connectivity index (χ2n) is 10.4. The van der Waals surface area contributed by atoms with Crippen molar-refractivity contribution in [1.82, 2.24) is 0 Å². The molecule has 0 aromatic rings. The summed E-state index contributed by atoms with van der Waals surface area (Å²) in [6.07, 6.45) is 9.25. The zero-order chi connectivity index (χ0) is 19.5. The number of fused-ring (bicyclic) bond motifs is 3. The van der Waals surface area contributed by atoms with Crippen LogP contribution in [0.3, 0.4) is 0 Å². The molecule has 0 aromatic carbocycles. The van der Waals surface area contributed by atoms with Gasteiger partial charge in [-0.05, 0) is 87.4 Å². The summed E-state index contributed by atoms with van der Waals surface area (Å²) < 4.78 is 10.9. The number of carbonyl (C=O) groups excluding carboxylic acids is 2. The van der Waals surface area contributed by atoms with Crippen molar-refractivity contribution in [3.05, 3.63) is 0 Å². The molecule has 4 saturated carbocycles. The predicted molar refractivity (Wildman–Crippen MR) is 99.7 cm³/mol. The third-order valence-electron chi connectivity index (χ3n) is 9.11. The fourth-order valence-corrected chi connectivity index (χ4v) is 8.21. The second kappa shape index (κ2) is 6.20. The highest BCUT2D eigenvalue weighted by molar-refractivity contribution is 5.66. The van der Waals surface area contributed by atoms with Crippen molar-refractivity contribution in [2.75, 3.05) is 6.61 Å². The monoisotopic (exact) mass is 378 g/mol. The van der Waals surface area contributed by atoms with E-state index >= 15 is 0 Å². The Labute approximate surface area is 162 Å². The Morgan fingerprint density at radius 1 is 1.15 bits per heavy atom. The lowest BCUT2D eigenvalue weighted by Gasteiger charge is -2.63. The molecule has 5 heteroatoms. The molecule has 4 aliphatic rings. The minimum Gasteiger partial charge on any atom is -0.463 e. The van der Waals surface area contributed by atoms with Crippen LogP contribution < -0.4 is 0 Å². The van der Waals surface area contributed by atoms with Crippen molar-refractivity contribution in [1.29, 1.82) is 0 Å². The predicted octanol–water partition coefficient (Wildman–Crippen LogP) is 3.62. The van der Waals surface area contributed by atoms with Crippen LogP contribution >= 0.6 is 0 Å². The summed E-state index contributed by atoms with van der Waals surface area (Å²) >= 11 is 0. The topological polar surface area (TPSA) is 72.8 Å². The molecule has 0 amide bonds. The molecule has 2 bridgehead atoms. The van der Waals surface area contributed by atoms with E-state index in [0.717, 1.165) is 51.4 Å². The van der Waals surface area contributed by atoms with Gasteiger partial charge in [-0.15, -0.1) is 0 Å². The van der Waals surface area contributed by atoms with Crippen LogP contribution in [0.2, 0.25) is 0 Å². The SMILES string of the molecule is CC(=O)OC[C@]1(O)C[C@@]23CC[C@H]4[C@@](C)(CCC[C@@]4(C)OC=O)[C@@H]2CC[C@@H]1C3. The van der Waals surface area contributed by atoms with Crippen molar-refractivity contribution in [2.24, 2.45) is 28.6 Å². The first kappa shape index (κ1) is 19.2. The molecule has 0 aliphatic heterocycles. The highest BCUT2D eigenvalue weighted by Gasteiger charge is 2.68. The Morgan fingerprint density at radius 3 is 2.63 bits per heavy atom. The summed E-state index contributed by atoms with van der Waals surface area (Å²) in [5.74, 6) is 0.845. The number of ether oxygens (including phenoxy) is 2. The summed E-state index contributed by atoms with van der Waals surface area (Å²) in [4.78, 5) is 22.5. The van der Waals surface area contributed by atoms with Gasteiger partial charge in [0, 0.05) is 12.8 Å². The lowest BCUT2D eigenvalue weighted by atomic mass is 9.43. The minimum absolute atomic E-state index is 0.133. The van der Waals surface area contributed by atoms with E-state index in [1.165, 1.54) is 13.3 Å². The van der Waals surface area contributed by atoms with Crippen molar-refractivity contribution in [2.45, 2.75) is 89.8 Å². The molecule has 4 rings (SSSR count). The fraction of sp³-hybridized carbons (Fsp3) is 0.909. The average Bonchev–Trinajstić information content (AvgIpc) is 2.79. The van der Waals surface area contributed by atoms with E-state index in [4.69, 9.17) is 9.47 Å². The third-order valence-corrected chi connectivity index (χ3v) is 9.11. The van der Waals surface area contributed by atoms with Crippen LogP contribution in [0.25, 0.3) is 0 Å². The Bertz CT molecular complexity index is 634. The molecule has 0 aromatic heterocycles. The third kappa shape index (κ3) is 2.75. The van der Waals surface area contributed by atoms with Gasteiger partial charge in [-0.1, -0.05) is 6.92 Å². The molecule has 27 heavy (non-hydrogen) atoms. The normalized spacial score (nSPS) is 51.0. The first-order valence-corrected chi connectivity index (χ1v) is 10.6. The molecule has 0 saturated heterocycles. The molecule has 4 aliphatic carbocycles. The molecular weight excluding hydrogens is 344 g/mol. The van der Waals surface area contributed by atoms with E-state index in [9.17, 15) is 14.7 Å². The highest BCUT2D eigenvalue weighted by Crippen LogP contribution is 2.72. The fourth-order valence-electron chi connectivity index (χ4n) is 8.21. The van der Waals surface area contributed by atoms with Crippen molar-refractivity contribution in [3.63, 3.8) is 0 Å². The smallest absolute Gasteiger partial charge is 0.302 e. The Morgan fingerprint density at radius 2 is 1.93 bits per heavy atom. The molecule has 0 heterocycles. The van der Waals surface area contributed by atoms with Gasteiger partial charge in [-0.25, -0.2) is 0 Å². The van der Waals surface area contributed by atoms with E-state index in [1.807, 2.05) is 0 Å². The van der Waals surface area contributed by atoms with E-state index in [2.05, 4.69) is 13.8 Å². The van der Waals surface area contributed by atoms with E-state index in [1.54, 1.807) is 0 Å². The maximum atomic E-state index is 11.4. The number of esters is 1. The number of aliphatic hydroxyl groups is 1. The highest BCUT2D eigenvalue weighted by atomic mass is 16.5. The van der Waals surface area contributed by atoms with Crippen LogP contribution in [0.4, 0.5) is 0 Å². The first-order valence-electron chi connectivity index (χ1n) is 10.6. The molecular formula is C22H34O5. The molecule has 1 spiro atoms. The maximum Gasteiger partial charge on any atom is 0.302 e. The molecule has 1 N–H and O–H groups in total. The van der Waals surface area contributed by atoms with Gasteiger partial charge in [0.2, 0.25) is 0 Å². The summed E-state index contributed by atoms with van der Waals surface area (Å²) in [5.41, 5.74) is -0.949. The maximum absolute atomic E-state index is 11.4. The molecule has 152 valence electrons. The van der Waals surface area contributed by atoms with Gasteiger partial charge in [-0.3, -0.25) is 9.59 Å². The van der Waals surface area contributed by atoms with Crippen molar-refractivity contribution < 1.29 is 24.2 Å². The van der Waals surface area contributed by atoms with Crippen LogP contribution in [-0.2, 0) is 19.1 Å². The molecule has 0 unspecified atom stereocenters. The van der Waals surface area contributed by atoms with Gasteiger partial charge in [-0.2, -0.15) is 0 Å². The number of rotatable bonds is 4. The van der Waals surface area contributed by atoms with Crippen LogP contribution in [0.1, 0.15) is 78.6 Å². The number of hydrogen-bond donors (Lipinski definition) is 1. The van der Waals surface area contributed by atoms with E-state index in [-0.39, 0.29) is 34.9 Å². The van der Waals surface area contributed by atoms with Gasteiger partial charge in [0.25, 0.3) is 6.47 Å². The lowest BCUT2D eigenvalue weighted by Crippen LogP contribution is -2.59. The summed E-state index contributed by atoms with van der Waals surface area (Å²) in [5, 5.41) is 11.4. The number of carbonyl (C=O) groups is 2. The van der Waals surface area contributed by atoms with Gasteiger partial charge < -0.3 is 14.6 Å². The average molecular weight is 379 g/mol. The van der Waals surface area contributed by atoms with Crippen LogP contribution in [-0.4, -0.2) is 35.4 Å². The first-order chi connectivity index (χ1) is 12.7. The minimum atomic E-state index is -0.874. The second-order valence-corrected chi connectivity index (χ2v) is 10.4. The van der Waals surface area contributed by atoms with Gasteiger partial charge >= 0.3 is 5.97 Å². The Kier molecular flexibility index (Phi) is 4.41. The van der Waals surface area contributed by atoms with Crippen molar-refractivity contribution in [3.8, 4) is 0 Å². The Hall–Kier alpha value is -1.10.